The molecule has 2 aromatic carbocycles. The third-order valence-corrected chi connectivity index (χ3v) is 7.98. The molecule has 0 bridgehead atoms. The van der Waals surface area contributed by atoms with E-state index in [1.165, 1.54) is 12.5 Å². The lowest BCUT2D eigenvalue weighted by Crippen LogP contribution is -2.58. The SMILES string of the molecule is NC(CS)C(=O)NC(Cc1c[nH]c2ccccc12)C(=O)NC(Cc1cnc[nH]1)C(=O)NC(Cc1c[nH]c2ccccc12)C(=O)O. The van der Waals surface area contributed by atoms with Gasteiger partial charge in [0.05, 0.1) is 12.4 Å². The largest absolute Gasteiger partial charge is 0.480 e. The second kappa shape index (κ2) is 14.1. The van der Waals surface area contributed by atoms with E-state index < -0.39 is 47.9 Å². The Morgan fingerprint density at radius 3 is 1.80 bits per heavy atom. The molecular weight excluding hydrogens is 596 g/mol. The lowest BCUT2D eigenvalue weighted by atomic mass is 10.0. The monoisotopic (exact) mass is 630 g/mol. The first-order valence-electron chi connectivity index (χ1n) is 14.3. The standard InChI is InChI=1S/C31H34N8O5S/c32-22(15-45)28(40)37-25(9-17-12-34-23-7-3-1-5-20(17)23)29(41)38-26(11-19-14-33-16-36-19)30(42)39-27(31(43)44)10-18-13-35-24-8-4-2-6-21(18)24/h1-8,12-14,16,22,25-27,34-35,45H,9-11,15,32H2,(H,33,36)(H,37,40)(H,38,41)(H,39,42)(H,43,44). The van der Waals surface area contributed by atoms with Crippen LogP contribution in [0.1, 0.15) is 16.8 Å². The number of benzene rings is 2. The van der Waals surface area contributed by atoms with Crippen molar-refractivity contribution in [1.29, 1.82) is 0 Å². The Labute approximate surface area is 263 Å². The lowest BCUT2D eigenvalue weighted by Gasteiger charge is -2.25. The lowest BCUT2D eigenvalue weighted by molar-refractivity contribution is -0.142. The Morgan fingerprint density at radius 2 is 1.27 bits per heavy atom. The zero-order chi connectivity index (χ0) is 31.9. The number of carboxylic acid groups (broad SMARTS) is 1. The van der Waals surface area contributed by atoms with Crippen LogP contribution in [0.4, 0.5) is 0 Å². The number of nitrogens with one attached hydrogen (secondary N) is 6. The highest BCUT2D eigenvalue weighted by molar-refractivity contribution is 7.80. The molecule has 13 nitrogen and oxygen atoms in total. The molecule has 234 valence electrons. The molecule has 5 aromatic rings. The number of carbonyl (C=O) groups excluding carboxylic acids is 3. The fraction of sp³-hybridized carbons (Fsp3) is 0.258. The van der Waals surface area contributed by atoms with Crippen molar-refractivity contribution < 1.29 is 24.3 Å². The average molecular weight is 631 g/mol. The van der Waals surface area contributed by atoms with E-state index in [1.807, 2.05) is 48.5 Å². The molecule has 4 atom stereocenters. The van der Waals surface area contributed by atoms with E-state index in [0.717, 1.165) is 32.9 Å². The third-order valence-electron chi connectivity index (χ3n) is 7.59. The van der Waals surface area contributed by atoms with Crippen molar-refractivity contribution in [2.45, 2.75) is 43.4 Å². The highest BCUT2D eigenvalue weighted by Gasteiger charge is 2.31. The number of nitrogens with two attached hydrogens (primary N) is 1. The van der Waals surface area contributed by atoms with Gasteiger partial charge in [-0.1, -0.05) is 36.4 Å². The summed E-state index contributed by atoms with van der Waals surface area (Å²) in [5, 5.41) is 19.7. The number of rotatable bonds is 14. The van der Waals surface area contributed by atoms with Crippen molar-refractivity contribution >= 4 is 58.1 Å². The number of nitrogens with zero attached hydrogens (tertiary/aromatic N) is 1. The quantitative estimate of drug-likeness (QED) is 0.0818. The summed E-state index contributed by atoms with van der Waals surface area (Å²) in [5.41, 5.74) is 9.60. The van der Waals surface area contributed by atoms with Crippen molar-refractivity contribution in [3.05, 3.63) is 90.3 Å². The minimum Gasteiger partial charge on any atom is -0.480 e. The highest BCUT2D eigenvalue weighted by atomic mass is 32.1. The van der Waals surface area contributed by atoms with Gasteiger partial charge in [0.2, 0.25) is 17.7 Å². The van der Waals surface area contributed by atoms with Crippen molar-refractivity contribution in [3.63, 3.8) is 0 Å². The number of carboxylic acids is 1. The second-order valence-electron chi connectivity index (χ2n) is 10.7. The molecule has 45 heavy (non-hydrogen) atoms. The van der Waals surface area contributed by atoms with Crippen LogP contribution in [0.5, 0.6) is 0 Å². The Balaban J connectivity index is 1.37. The number of imidazole rings is 1. The molecule has 3 amide bonds. The normalized spacial score (nSPS) is 14.0. The summed E-state index contributed by atoms with van der Waals surface area (Å²) in [7, 11) is 0. The van der Waals surface area contributed by atoms with Crippen LogP contribution in [0.2, 0.25) is 0 Å². The molecule has 0 radical (unpaired) electrons. The number of para-hydroxylation sites is 2. The molecule has 3 heterocycles. The summed E-state index contributed by atoms with van der Waals surface area (Å²) < 4.78 is 0. The first-order chi connectivity index (χ1) is 21.7. The van der Waals surface area contributed by atoms with E-state index in [2.05, 4.69) is 48.5 Å². The first-order valence-corrected chi connectivity index (χ1v) is 14.9. The van der Waals surface area contributed by atoms with E-state index in [4.69, 9.17) is 5.73 Å². The Morgan fingerprint density at radius 1 is 0.756 bits per heavy atom. The summed E-state index contributed by atoms with van der Waals surface area (Å²) >= 11 is 4.09. The zero-order valence-corrected chi connectivity index (χ0v) is 25.0. The van der Waals surface area contributed by atoms with E-state index in [0.29, 0.717) is 5.69 Å². The van der Waals surface area contributed by atoms with Crippen LogP contribution in [0, 0.1) is 0 Å². The molecule has 0 saturated carbocycles. The predicted molar refractivity (Wildman–Crippen MR) is 172 cm³/mol. The van der Waals surface area contributed by atoms with Crippen molar-refractivity contribution in [3.8, 4) is 0 Å². The Kier molecular flexibility index (Phi) is 9.85. The van der Waals surface area contributed by atoms with Gasteiger partial charge in [0.25, 0.3) is 0 Å². The topological polar surface area (TPSA) is 211 Å². The van der Waals surface area contributed by atoms with Gasteiger partial charge in [-0.3, -0.25) is 14.4 Å². The minimum absolute atomic E-state index is 0.0106. The third kappa shape index (κ3) is 7.53. The van der Waals surface area contributed by atoms with Gasteiger partial charge in [-0.25, -0.2) is 9.78 Å². The fourth-order valence-electron chi connectivity index (χ4n) is 5.18. The number of aromatic amines is 3. The van der Waals surface area contributed by atoms with Crippen LogP contribution >= 0.6 is 12.6 Å². The van der Waals surface area contributed by atoms with E-state index in [1.54, 1.807) is 12.4 Å². The zero-order valence-electron chi connectivity index (χ0n) is 24.1. The van der Waals surface area contributed by atoms with E-state index >= 15 is 0 Å². The number of aliphatic carboxylic acids is 1. The molecule has 0 aliphatic rings. The maximum atomic E-state index is 13.8. The van der Waals surface area contributed by atoms with Crippen LogP contribution in [0.25, 0.3) is 21.8 Å². The molecule has 0 aliphatic heterocycles. The number of thiol groups is 1. The van der Waals surface area contributed by atoms with E-state index in [-0.39, 0.29) is 25.0 Å². The Hall–Kier alpha value is -5.08. The van der Waals surface area contributed by atoms with Crippen LogP contribution in [-0.4, -0.2) is 78.7 Å². The molecule has 4 unspecified atom stereocenters. The molecule has 3 aromatic heterocycles. The van der Waals surface area contributed by atoms with Gasteiger partial charge in [-0.05, 0) is 23.3 Å². The summed E-state index contributed by atoms with van der Waals surface area (Å²) in [6.07, 6.45) is 6.50. The number of hydrogen-bond donors (Lipinski definition) is 9. The number of H-pyrrole nitrogens is 3. The van der Waals surface area contributed by atoms with Gasteiger partial charge in [0, 0.05) is 71.1 Å². The van der Waals surface area contributed by atoms with Crippen molar-refractivity contribution in [2.75, 3.05) is 5.75 Å². The summed E-state index contributed by atoms with van der Waals surface area (Å²) in [6.45, 7) is 0. The first kappa shape index (κ1) is 31.3. The van der Waals surface area contributed by atoms with Crippen LogP contribution in [-0.2, 0) is 38.4 Å². The summed E-state index contributed by atoms with van der Waals surface area (Å²) in [6, 6.07) is 10.4. The number of aromatic nitrogens is 4. The van der Waals surface area contributed by atoms with Crippen LogP contribution in [0.15, 0.2) is 73.4 Å². The molecule has 9 N–H and O–H groups in total. The van der Waals surface area contributed by atoms with Crippen molar-refractivity contribution in [1.82, 2.24) is 35.9 Å². The number of fused-ring (bicyclic) bond motifs is 2. The average Bonchev–Trinajstić information content (AvgIpc) is 3.80. The number of amides is 3. The van der Waals surface area contributed by atoms with Gasteiger partial charge in [0.15, 0.2) is 0 Å². The molecule has 0 aliphatic carbocycles. The molecule has 0 spiro atoms. The second-order valence-corrected chi connectivity index (χ2v) is 11.1. The highest BCUT2D eigenvalue weighted by Crippen LogP contribution is 2.21. The molecular formula is C31H34N8O5S. The summed E-state index contributed by atoms with van der Waals surface area (Å²) in [4.78, 5) is 65.7. The maximum absolute atomic E-state index is 13.8. The maximum Gasteiger partial charge on any atom is 0.326 e. The molecule has 5 rings (SSSR count). The van der Waals surface area contributed by atoms with E-state index in [9.17, 15) is 24.3 Å². The van der Waals surface area contributed by atoms with Gasteiger partial charge in [0.1, 0.15) is 18.1 Å². The van der Waals surface area contributed by atoms with Gasteiger partial charge in [-0.15, -0.1) is 0 Å². The molecule has 0 saturated heterocycles. The van der Waals surface area contributed by atoms with Crippen LogP contribution < -0.4 is 21.7 Å². The number of hydrogen-bond acceptors (Lipinski definition) is 7. The van der Waals surface area contributed by atoms with Gasteiger partial charge >= 0.3 is 5.97 Å². The molecule has 14 heteroatoms. The summed E-state index contributed by atoms with van der Waals surface area (Å²) in [5.74, 6) is -3.11. The predicted octanol–water partition coefficient (Wildman–Crippen LogP) is 1.20. The fourth-order valence-corrected chi connectivity index (χ4v) is 5.35. The van der Waals surface area contributed by atoms with Crippen molar-refractivity contribution in [2.24, 2.45) is 5.73 Å². The molecule has 0 fully saturated rings. The Bertz CT molecular complexity index is 1800. The number of carbonyl (C=O) groups is 4. The minimum atomic E-state index is -1.28. The van der Waals surface area contributed by atoms with Gasteiger partial charge < -0.3 is 41.7 Å². The van der Waals surface area contributed by atoms with Crippen LogP contribution in [0.3, 0.4) is 0 Å². The smallest absolute Gasteiger partial charge is 0.326 e. The van der Waals surface area contributed by atoms with Gasteiger partial charge in [-0.2, -0.15) is 12.6 Å².